The molecule has 1 aliphatic rings. The van der Waals surface area contributed by atoms with Crippen molar-refractivity contribution in [3.05, 3.63) is 90.5 Å². The third-order valence-electron chi connectivity index (χ3n) is 7.07. The third kappa shape index (κ3) is 5.89. The number of allylic oxidation sites excluding steroid dienone is 1. The molecule has 0 saturated heterocycles. The maximum absolute atomic E-state index is 13.7. The maximum atomic E-state index is 13.7. The molecule has 1 aliphatic carbocycles. The van der Waals surface area contributed by atoms with E-state index in [1.165, 1.54) is 5.56 Å². The lowest BCUT2D eigenvalue weighted by Gasteiger charge is -2.32. The smallest absolute Gasteiger partial charge is 0.314 e. The van der Waals surface area contributed by atoms with Crippen LogP contribution in [-0.2, 0) is 25.8 Å². The van der Waals surface area contributed by atoms with Gasteiger partial charge in [-0.3, -0.25) is 4.79 Å². The zero-order valence-corrected chi connectivity index (χ0v) is 22.0. The molecule has 1 saturated carbocycles. The lowest BCUT2D eigenvalue weighted by Crippen LogP contribution is -2.41. The average Bonchev–Trinajstić information content (AvgIpc) is 2.87. The van der Waals surface area contributed by atoms with E-state index in [0.29, 0.717) is 25.2 Å². The van der Waals surface area contributed by atoms with Crippen molar-refractivity contribution in [1.82, 2.24) is 0 Å². The Hall–Kier alpha value is -2.92. The number of hydrogen-bond donors (Lipinski definition) is 0. The van der Waals surface area contributed by atoms with Gasteiger partial charge in [0.05, 0.1) is 10.8 Å². The number of esters is 1. The number of ether oxygens (including phenoxy) is 1. The summed E-state index contributed by atoms with van der Waals surface area (Å²) in [7, 11) is -3.67. The maximum Gasteiger partial charge on any atom is 0.314 e. The largest absolute Gasteiger partial charge is 0.461 e. The summed E-state index contributed by atoms with van der Waals surface area (Å²) in [5, 5.41) is 1.14. The molecule has 3 aromatic rings. The predicted octanol–water partition coefficient (Wildman–Crippen LogP) is 7.03. The monoisotopic (exact) mass is 504 g/mol. The van der Waals surface area contributed by atoms with Crippen LogP contribution in [0.2, 0.25) is 0 Å². The molecule has 0 unspecified atom stereocenters. The standard InChI is InChI=1S/C31H36O4S/c1-4-9-28(25-16-14-23(15-17-25)20-22(2)3)31(32)35-29-12-7-8-13-30(29)36(33,34)27-19-18-24-10-5-6-11-26(24)21-27/h4-6,10-11,14-19,21-22,28-30H,1,7-9,12-13,20H2,2-3H3/t28-,29+,30+/m1/s1. The molecule has 3 atom stereocenters. The lowest BCUT2D eigenvalue weighted by molar-refractivity contribution is -0.152. The molecule has 4 rings (SSSR count). The Kier molecular flexibility index (Phi) is 8.30. The second kappa shape index (κ2) is 11.4. The molecule has 0 N–H and O–H groups in total. The van der Waals surface area contributed by atoms with Gasteiger partial charge in [0.15, 0.2) is 9.84 Å². The Balaban J connectivity index is 1.56. The fraction of sp³-hybridized carbons (Fsp3) is 0.387. The Morgan fingerprint density at radius 1 is 1.00 bits per heavy atom. The number of fused-ring (bicyclic) bond motifs is 1. The summed E-state index contributed by atoms with van der Waals surface area (Å²) < 4.78 is 33.4. The van der Waals surface area contributed by atoms with Crippen molar-refractivity contribution in [2.24, 2.45) is 5.92 Å². The minimum atomic E-state index is -3.67. The van der Waals surface area contributed by atoms with Gasteiger partial charge in [-0.25, -0.2) is 8.42 Å². The summed E-state index contributed by atoms with van der Waals surface area (Å²) in [5.74, 6) is -0.323. The van der Waals surface area contributed by atoms with E-state index in [1.807, 2.05) is 42.5 Å². The van der Waals surface area contributed by atoms with Gasteiger partial charge in [0, 0.05) is 0 Å². The van der Waals surface area contributed by atoms with Gasteiger partial charge in [0.25, 0.3) is 0 Å². The highest BCUT2D eigenvalue weighted by Crippen LogP contribution is 2.34. The first-order chi connectivity index (χ1) is 17.3. The van der Waals surface area contributed by atoms with Crippen LogP contribution >= 0.6 is 0 Å². The second-order valence-corrected chi connectivity index (χ2v) is 12.4. The molecule has 0 bridgehead atoms. The second-order valence-electron chi connectivity index (χ2n) is 10.3. The highest BCUT2D eigenvalue weighted by molar-refractivity contribution is 7.92. The molecule has 0 amide bonds. The first-order valence-electron chi connectivity index (χ1n) is 12.9. The van der Waals surface area contributed by atoms with Crippen LogP contribution in [0.25, 0.3) is 10.8 Å². The number of benzene rings is 3. The molecule has 4 nitrogen and oxygen atoms in total. The molecule has 190 valence electrons. The van der Waals surface area contributed by atoms with Crippen LogP contribution in [0.5, 0.6) is 0 Å². The van der Waals surface area contributed by atoms with Crippen LogP contribution < -0.4 is 0 Å². The summed E-state index contributed by atoms with van der Waals surface area (Å²) in [6, 6.07) is 21.1. The normalized spacial score (nSPS) is 19.2. The Morgan fingerprint density at radius 3 is 2.39 bits per heavy atom. The first-order valence-corrected chi connectivity index (χ1v) is 14.5. The van der Waals surface area contributed by atoms with E-state index in [0.717, 1.165) is 35.6 Å². The van der Waals surface area contributed by atoms with Gasteiger partial charge in [-0.15, -0.1) is 6.58 Å². The van der Waals surface area contributed by atoms with Crippen LogP contribution in [0.4, 0.5) is 0 Å². The van der Waals surface area contributed by atoms with Gasteiger partial charge in [0.1, 0.15) is 11.4 Å². The molecule has 0 heterocycles. The molecule has 3 aromatic carbocycles. The van der Waals surface area contributed by atoms with Crippen molar-refractivity contribution in [1.29, 1.82) is 0 Å². The van der Waals surface area contributed by atoms with E-state index >= 15 is 0 Å². The van der Waals surface area contributed by atoms with E-state index < -0.39 is 27.1 Å². The van der Waals surface area contributed by atoms with Crippen LogP contribution in [0.1, 0.15) is 63.0 Å². The number of sulfone groups is 1. The number of carbonyl (C=O) groups excluding carboxylic acids is 1. The fourth-order valence-electron chi connectivity index (χ4n) is 5.20. The van der Waals surface area contributed by atoms with E-state index in [2.05, 4.69) is 32.6 Å². The van der Waals surface area contributed by atoms with Gasteiger partial charge in [-0.1, -0.05) is 80.9 Å². The van der Waals surface area contributed by atoms with Gasteiger partial charge in [-0.2, -0.15) is 0 Å². The van der Waals surface area contributed by atoms with E-state index in [-0.39, 0.29) is 10.9 Å². The zero-order valence-electron chi connectivity index (χ0n) is 21.2. The molecule has 5 heteroatoms. The minimum absolute atomic E-state index is 0.289. The number of hydrogen-bond acceptors (Lipinski definition) is 4. The summed E-state index contributed by atoms with van der Waals surface area (Å²) in [5.41, 5.74) is 2.10. The van der Waals surface area contributed by atoms with Crippen molar-refractivity contribution in [2.75, 3.05) is 0 Å². The van der Waals surface area contributed by atoms with Crippen molar-refractivity contribution >= 4 is 26.6 Å². The molecular formula is C31H36O4S. The topological polar surface area (TPSA) is 60.4 Å². The predicted molar refractivity (Wildman–Crippen MR) is 146 cm³/mol. The molecule has 1 fully saturated rings. The van der Waals surface area contributed by atoms with E-state index in [9.17, 15) is 13.2 Å². The SMILES string of the molecule is C=CC[C@@H](C(=O)O[C@H]1CCCC[C@@H]1S(=O)(=O)c1ccc2ccccc2c1)c1ccc(CC(C)C)cc1. The van der Waals surface area contributed by atoms with Crippen LogP contribution in [0, 0.1) is 5.92 Å². The summed E-state index contributed by atoms with van der Waals surface area (Å²) >= 11 is 0. The average molecular weight is 505 g/mol. The first kappa shape index (κ1) is 26.2. The summed E-state index contributed by atoms with van der Waals surface area (Å²) in [4.78, 5) is 13.7. The van der Waals surface area contributed by atoms with Gasteiger partial charge >= 0.3 is 5.97 Å². The van der Waals surface area contributed by atoms with E-state index in [4.69, 9.17) is 4.74 Å². The Bertz CT molecular complexity index is 1310. The molecule has 0 spiro atoms. The van der Waals surface area contributed by atoms with Crippen LogP contribution in [0.15, 0.2) is 84.3 Å². The lowest BCUT2D eigenvalue weighted by atomic mass is 9.92. The van der Waals surface area contributed by atoms with Crippen LogP contribution in [-0.4, -0.2) is 25.7 Å². The zero-order chi connectivity index (χ0) is 25.7. The molecule has 0 aromatic heterocycles. The van der Waals surface area contributed by atoms with Crippen LogP contribution in [0.3, 0.4) is 0 Å². The highest BCUT2D eigenvalue weighted by Gasteiger charge is 2.40. The fourth-order valence-corrected chi connectivity index (χ4v) is 7.16. The summed E-state index contributed by atoms with van der Waals surface area (Å²) in [6.07, 6.45) is 5.18. The van der Waals surface area contributed by atoms with Gasteiger partial charge in [-0.05, 0) is 72.1 Å². The van der Waals surface area contributed by atoms with Gasteiger partial charge < -0.3 is 4.74 Å². The molecule has 0 radical (unpaired) electrons. The third-order valence-corrected chi connectivity index (χ3v) is 9.32. The molecule has 0 aliphatic heterocycles. The van der Waals surface area contributed by atoms with Gasteiger partial charge in [0.2, 0.25) is 0 Å². The molecular weight excluding hydrogens is 468 g/mol. The quantitative estimate of drug-likeness (QED) is 0.232. The Labute approximate surface area is 215 Å². The number of carbonyl (C=O) groups is 1. The van der Waals surface area contributed by atoms with Crippen molar-refractivity contribution < 1.29 is 17.9 Å². The number of rotatable bonds is 9. The highest BCUT2D eigenvalue weighted by atomic mass is 32.2. The Morgan fingerprint density at radius 2 is 1.69 bits per heavy atom. The molecule has 36 heavy (non-hydrogen) atoms. The summed E-state index contributed by atoms with van der Waals surface area (Å²) in [6.45, 7) is 8.19. The van der Waals surface area contributed by atoms with Crippen molar-refractivity contribution in [2.45, 2.75) is 74.5 Å². The minimum Gasteiger partial charge on any atom is -0.461 e. The van der Waals surface area contributed by atoms with E-state index in [1.54, 1.807) is 18.2 Å². The van der Waals surface area contributed by atoms with Crippen molar-refractivity contribution in [3.8, 4) is 0 Å². The van der Waals surface area contributed by atoms with Crippen molar-refractivity contribution in [3.63, 3.8) is 0 Å².